The third-order valence-electron chi connectivity index (χ3n) is 11.5. The predicted molar refractivity (Wildman–Crippen MR) is 132 cm³/mol. The smallest absolute Gasteiger partial charge is 0.305 e. The Morgan fingerprint density at radius 3 is 2.35 bits per heavy atom. The Morgan fingerprint density at radius 2 is 1.71 bits per heavy atom. The fourth-order valence-electron chi connectivity index (χ4n) is 9.91. The summed E-state index contributed by atoms with van der Waals surface area (Å²) in [6, 6.07) is 0. The highest BCUT2D eigenvalue weighted by Crippen LogP contribution is 2.69. The molecule has 0 unspecified atom stereocenters. The lowest BCUT2D eigenvalue weighted by molar-refractivity contribution is -0.207. The van der Waals surface area contributed by atoms with Gasteiger partial charge in [0.2, 0.25) is 0 Å². The van der Waals surface area contributed by atoms with Crippen LogP contribution in [0.4, 0.5) is 0 Å². The van der Waals surface area contributed by atoms with E-state index in [4.69, 9.17) is 9.47 Å². The average molecular weight is 477 g/mol. The lowest BCUT2D eigenvalue weighted by atomic mass is 9.41. The minimum Gasteiger partial charge on any atom is -0.469 e. The van der Waals surface area contributed by atoms with Crippen molar-refractivity contribution in [3.63, 3.8) is 0 Å². The summed E-state index contributed by atoms with van der Waals surface area (Å²) in [5.74, 6) is 3.01. The number of ether oxygens (including phenoxy) is 2. The van der Waals surface area contributed by atoms with Gasteiger partial charge < -0.3 is 14.6 Å². The van der Waals surface area contributed by atoms with Crippen molar-refractivity contribution >= 4 is 11.9 Å². The average Bonchev–Trinajstić information content (AvgIpc) is 3.15. The van der Waals surface area contributed by atoms with Gasteiger partial charge >= 0.3 is 11.9 Å². The first-order valence-electron chi connectivity index (χ1n) is 14.0. The largest absolute Gasteiger partial charge is 0.469 e. The van der Waals surface area contributed by atoms with E-state index in [2.05, 4.69) is 27.7 Å². The first-order chi connectivity index (χ1) is 16.1. The van der Waals surface area contributed by atoms with Gasteiger partial charge in [0.1, 0.15) is 6.10 Å². The number of aliphatic hydroxyl groups is 1. The van der Waals surface area contributed by atoms with Crippen LogP contribution in [0.2, 0.25) is 0 Å². The Balaban J connectivity index is 1.56. The van der Waals surface area contributed by atoms with Crippen LogP contribution in [-0.2, 0) is 19.1 Å². The lowest BCUT2D eigenvalue weighted by Gasteiger charge is -2.64. The fraction of sp³-hybridized carbons (Fsp3) is 0.931. The summed E-state index contributed by atoms with van der Waals surface area (Å²) in [4.78, 5) is 23.4. The second kappa shape index (κ2) is 9.75. The second-order valence-electron chi connectivity index (χ2n) is 12.8. The molecule has 0 aromatic rings. The lowest BCUT2D eigenvalue weighted by Crippen LogP contribution is -2.62. The van der Waals surface area contributed by atoms with E-state index in [1.807, 2.05) is 0 Å². The molecule has 0 radical (unpaired) electrons. The van der Waals surface area contributed by atoms with E-state index in [0.717, 1.165) is 32.1 Å². The first kappa shape index (κ1) is 26.0. The molecule has 4 saturated carbocycles. The van der Waals surface area contributed by atoms with Crippen LogP contribution in [0.5, 0.6) is 0 Å². The van der Waals surface area contributed by atoms with Crippen LogP contribution in [0.15, 0.2) is 0 Å². The summed E-state index contributed by atoms with van der Waals surface area (Å²) in [7, 11) is 1.48. The molecule has 4 aliphatic rings. The van der Waals surface area contributed by atoms with Crippen molar-refractivity contribution in [3.8, 4) is 0 Å². The number of hydrogen-bond donors (Lipinski definition) is 1. The van der Waals surface area contributed by atoms with Crippen molar-refractivity contribution in [2.24, 2.45) is 52.3 Å². The third-order valence-corrected chi connectivity index (χ3v) is 11.5. The maximum absolute atomic E-state index is 11.9. The predicted octanol–water partition coefficient (Wildman–Crippen LogP) is 5.77. The molecule has 0 saturated heterocycles. The van der Waals surface area contributed by atoms with E-state index in [-0.39, 0.29) is 40.9 Å². The Kier molecular flexibility index (Phi) is 7.45. The molecule has 0 spiro atoms. The molecule has 4 aliphatic carbocycles. The van der Waals surface area contributed by atoms with Crippen molar-refractivity contribution in [3.05, 3.63) is 0 Å². The van der Waals surface area contributed by atoms with Crippen LogP contribution in [0, 0.1) is 52.3 Å². The summed E-state index contributed by atoms with van der Waals surface area (Å²) in [5.41, 5.74) is 0.464. The van der Waals surface area contributed by atoms with Crippen LogP contribution in [0.25, 0.3) is 0 Å². The van der Waals surface area contributed by atoms with Crippen LogP contribution in [0.1, 0.15) is 98.8 Å². The highest BCUT2D eigenvalue weighted by molar-refractivity contribution is 5.69. The van der Waals surface area contributed by atoms with Gasteiger partial charge in [-0.3, -0.25) is 9.59 Å². The van der Waals surface area contributed by atoms with Gasteiger partial charge in [-0.2, -0.15) is 0 Å². The number of carbonyl (C=O) groups is 2. The van der Waals surface area contributed by atoms with E-state index in [9.17, 15) is 14.7 Å². The van der Waals surface area contributed by atoms with Crippen LogP contribution in [0.3, 0.4) is 0 Å². The van der Waals surface area contributed by atoms with E-state index >= 15 is 0 Å². The normalized spacial score (nSPS) is 46.6. The highest BCUT2D eigenvalue weighted by atomic mass is 16.5. The van der Waals surface area contributed by atoms with Gasteiger partial charge in [0, 0.05) is 13.3 Å². The van der Waals surface area contributed by atoms with Gasteiger partial charge in [-0.1, -0.05) is 34.1 Å². The fourth-order valence-corrected chi connectivity index (χ4v) is 9.91. The first-order valence-corrected chi connectivity index (χ1v) is 14.0. The third kappa shape index (κ3) is 4.22. The molecule has 0 aromatic heterocycles. The van der Waals surface area contributed by atoms with Gasteiger partial charge in [-0.15, -0.1) is 0 Å². The van der Waals surface area contributed by atoms with Crippen molar-refractivity contribution in [1.29, 1.82) is 0 Å². The topological polar surface area (TPSA) is 72.8 Å². The number of methoxy groups -OCH3 is 1. The summed E-state index contributed by atoms with van der Waals surface area (Å²) in [5, 5.41) is 11.9. The molecule has 34 heavy (non-hydrogen) atoms. The quantitative estimate of drug-likeness (QED) is 0.493. The maximum Gasteiger partial charge on any atom is 0.305 e. The van der Waals surface area contributed by atoms with Crippen molar-refractivity contribution in [2.75, 3.05) is 7.11 Å². The molecule has 4 fully saturated rings. The molecule has 5 heteroatoms. The van der Waals surface area contributed by atoms with Gasteiger partial charge in [0.05, 0.1) is 13.2 Å². The maximum atomic E-state index is 11.9. The molecular weight excluding hydrogens is 428 g/mol. The van der Waals surface area contributed by atoms with E-state index in [0.29, 0.717) is 41.9 Å². The minimum atomic E-state index is -0.266. The molecular formula is C29H48O5. The zero-order valence-corrected chi connectivity index (χ0v) is 22.3. The SMILES string of the molecule is CC[C@H]1[C@@H](O)[C@@H]2[C@H](CC[C@]3(C)[C@@H]([C@H](C)CCC(=O)OC)CC[C@@H]23)[C@@]2(C)CC[C@@H](OC(C)=O)C[C@@H]12. The number of aliphatic hydroxyl groups excluding tert-OH is 1. The summed E-state index contributed by atoms with van der Waals surface area (Å²) in [6.45, 7) is 11.1. The molecule has 0 aliphatic heterocycles. The van der Waals surface area contributed by atoms with E-state index in [1.165, 1.54) is 39.7 Å². The van der Waals surface area contributed by atoms with E-state index in [1.54, 1.807) is 0 Å². The van der Waals surface area contributed by atoms with Crippen LogP contribution < -0.4 is 0 Å². The van der Waals surface area contributed by atoms with Gasteiger partial charge in [-0.25, -0.2) is 0 Å². The number of rotatable bonds is 6. The molecule has 0 amide bonds. The molecule has 0 aromatic carbocycles. The number of esters is 2. The van der Waals surface area contributed by atoms with Crippen molar-refractivity contribution < 1.29 is 24.2 Å². The molecule has 1 N–H and O–H groups in total. The highest BCUT2D eigenvalue weighted by Gasteiger charge is 2.65. The summed E-state index contributed by atoms with van der Waals surface area (Å²) < 4.78 is 10.6. The van der Waals surface area contributed by atoms with Crippen LogP contribution >= 0.6 is 0 Å². The molecule has 194 valence electrons. The summed E-state index contributed by atoms with van der Waals surface area (Å²) >= 11 is 0. The molecule has 5 nitrogen and oxygen atoms in total. The standard InChI is InChI=1S/C29H48O5/c1-7-20-24-16-19(34-18(3)30)12-14-29(24,5)23-13-15-28(4)21(17(2)8-11-25(31)33-6)9-10-22(28)26(23)27(20)32/h17,19-24,26-27,32H,7-16H2,1-6H3/t17-,19-,20-,21-,22+,23+,24+,26+,27-,28-,29-/m1/s1. The number of fused-ring (bicyclic) bond motifs is 5. The molecule has 0 heterocycles. The molecule has 0 bridgehead atoms. The Bertz CT molecular complexity index is 766. The number of carbonyl (C=O) groups excluding carboxylic acids is 2. The van der Waals surface area contributed by atoms with Crippen LogP contribution in [-0.4, -0.2) is 36.4 Å². The minimum absolute atomic E-state index is 0.00810. The van der Waals surface area contributed by atoms with Gasteiger partial charge in [-0.05, 0) is 104 Å². The summed E-state index contributed by atoms with van der Waals surface area (Å²) in [6.07, 6.45) is 9.92. The van der Waals surface area contributed by atoms with Gasteiger partial charge in [0.15, 0.2) is 0 Å². The van der Waals surface area contributed by atoms with E-state index < -0.39 is 0 Å². The molecule has 11 atom stereocenters. The number of hydrogen-bond acceptors (Lipinski definition) is 5. The zero-order chi connectivity index (χ0) is 24.8. The zero-order valence-electron chi connectivity index (χ0n) is 22.3. The second-order valence-corrected chi connectivity index (χ2v) is 12.8. The Morgan fingerprint density at radius 1 is 1.03 bits per heavy atom. The monoisotopic (exact) mass is 476 g/mol. The van der Waals surface area contributed by atoms with Crippen molar-refractivity contribution in [2.45, 2.75) is 111 Å². The van der Waals surface area contributed by atoms with Crippen molar-refractivity contribution in [1.82, 2.24) is 0 Å². The molecule has 4 rings (SSSR count). The Hall–Kier alpha value is -1.10. The Labute approximate surface area is 206 Å². The van der Waals surface area contributed by atoms with Gasteiger partial charge in [0.25, 0.3) is 0 Å².